The topological polar surface area (TPSA) is 64.7 Å². The summed E-state index contributed by atoms with van der Waals surface area (Å²) >= 11 is 6.06. The molecule has 0 saturated carbocycles. The Morgan fingerprint density at radius 1 is 1.42 bits per heavy atom. The third-order valence-electron chi connectivity index (χ3n) is 2.82. The summed E-state index contributed by atoms with van der Waals surface area (Å²) in [6, 6.07) is 1.88. The van der Waals surface area contributed by atoms with Crippen LogP contribution in [-0.4, -0.2) is 19.6 Å². The van der Waals surface area contributed by atoms with Crippen LogP contribution in [0.3, 0.4) is 0 Å². The molecule has 0 saturated heterocycles. The molecular formula is C12H16ClN5O. The number of anilines is 1. The zero-order chi connectivity index (χ0) is 14.0. The zero-order valence-corrected chi connectivity index (χ0v) is 11.8. The van der Waals surface area contributed by atoms with Gasteiger partial charge in [-0.1, -0.05) is 11.6 Å². The molecule has 0 aliphatic rings. The minimum atomic E-state index is -0.285. The van der Waals surface area contributed by atoms with Crippen molar-refractivity contribution < 1.29 is 0 Å². The molecule has 0 radical (unpaired) electrons. The van der Waals surface area contributed by atoms with Gasteiger partial charge in [0.1, 0.15) is 5.02 Å². The van der Waals surface area contributed by atoms with Crippen molar-refractivity contribution in [1.82, 2.24) is 19.6 Å². The Bertz CT molecular complexity index is 631. The number of rotatable bonds is 4. The molecule has 0 aliphatic heterocycles. The second-order valence-corrected chi connectivity index (χ2v) is 4.89. The van der Waals surface area contributed by atoms with E-state index in [0.717, 1.165) is 5.69 Å². The highest BCUT2D eigenvalue weighted by Crippen LogP contribution is 2.17. The van der Waals surface area contributed by atoms with Crippen molar-refractivity contribution in [3.63, 3.8) is 0 Å². The predicted molar refractivity (Wildman–Crippen MR) is 74.4 cm³/mol. The van der Waals surface area contributed by atoms with Crippen molar-refractivity contribution >= 4 is 17.3 Å². The molecule has 2 aromatic heterocycles. The Labute approximate surface area is 116 Å². The molecule has 2 aromatic rings. The molecule has 0 atom stereocenters. The third-order valence-corrected chi connectivity index (χ3v) is 3.18. The molecule has 1 N–H and O–H groups in total. The number of halogens is 1. The Kier molecular flexibility index (Phi) is 3.90. The van der Waals surface area contributed by atoms with Crippen LogP contribution in [0.1, 0.15) is 25.6 Å². The van der Waals surface area contributed by atoms with Crippen molar-refractivity contribution in [2.24, 2.45) is 7.05 Å². The van der Waals surface area contributed by atoms with Crippen molar-refractivity contribution in [1.29, 1.82) is 0 Å². The van der Waals surface area contributed by atoms with E-state index in [4.69, 9.17) is 11.6 Å². The second kappa shape index (κ2) is 5.44. The van der Waals surface area contributed by atoms with Crippen LogP contribution in [0.25, 0.3) is 0 Å². The molecule has 0 aromatic carbocycles. The van der Waals surface area contributed by atoms with E-state index < -0.39 is 0 Å². The van der Waals surface area contributed by atoms with Crippen molar-refractivity contribution in [2.75, 3.05) is 5.32 Å². The number of hydrogen-bond acceptors (Lipinski definition) is 4. The second-order valence-electron chi connectivity index (χ2n) is 4.52. The minimum absolute atomic E-state index is 0.0175. The number of aromatic nitrogens is 4. The van der Waals surface area contributed by atoms with E-state index in [1.807, 2.05) is 27.0 Å². The first kappa shape index (κ1) is 13.6. The maximum Gasteiger partial charge on any atom is 0.287 e. The molecule has 0 bridgehead atoms. The summed E-state index contributed by atoms with van der Waals surface area (Å²) < 4.78 is 3.11. The summed E-state index contributed by atoms with van der Waals surface area (Å²) in [6.45, 7) is 4.30. The molecule has 0 aliphatic carbocycles. The summed E-state index contributed by atoms with van der Waals surface area (Å²) in [6.07, 6.45) is 3.29. The maximum atomic E-state index is 12.0. The SMILES string of the molecule is CC(C)n1ncc(NCc2ccnn2C)c(Cl)c1=O. The molecule has 19 heavy (non-hydrogen) atoms. The van der Waals surface area contributed by atoms with Gasteiger partial charge in [-0.15, -0.1) is 0 Å². The fraction of sp³-hybridized carbons (Fsp3) is 0.417. The largest absolute Gasteiger partial charge is 0.377 e. The van der Waals surface area contributed by atoms with Gasteiger partial charge in [0.05, 0.1) is 30.2 Å². The molecule has 0 unspecified atom stereocenters. The Morgan fingerprint density at radius 3 is 2.74 bits per heavy atom. The van der Waals surface area contributed by atoms with Gasteiger partial charge in [0.15, 0.2) is 0 Å². The van der Waals surface area contributed by atoms with Crippen LogP contribution >= 0.6 is 11.6 Å². The van der Waals surface area contributed by atoms with Crippen molar-refractivity contribution in [3.8, 4) is 0 Å². The maximum absolute atomic E-state index is 12.0. The van der Waals surface area contributed by atoms with Crippen molar-refractivity contribution in [3.05, 3.63) is 39.5 Å². The van der Waals surface area contributed by atoms with Crippen LogP contribution in [0.5, 0.6) is 0 Å². The van der Waals surface area contributed by atoms with Crippen molar-refractivity contribution in [2.45, 2.75) is 26.4 Å². The number of hydrogen-bond donors (Lipinski definition) is 1. The standard InChI is InChI=1S/C12H16ClN5O/c1-8(2)18-12(19)11(13)10(7-16-18)14-6-9-4-5-15-17(9)3/h4-5,7-8,14H,6H2,1-3H3. The average molecular weight is 282 g/mol. The van der Waals surface area contributed by atoms with E-state index in [1.54, 1.807) is 17.1 Å². The highest BCUT2D eigenvalue weighted by molar-refractivity contribution is 6.32. The highest BCUT2D eigenvalue weighted by Gasteiger charge is 2.11. The molecule has 7 heteroatoms. The van der Waals surface area contributed by atoms with Crippen LogP contribution < -0.4 is 10.9 Å². The lowest BCUT2D eigenvalue weighted by Crippen LogP contribution is -2.25. The summed E-state index contributed by atoms with van der Waals surface area (Å²) in [4.78, 5) is 12.0. The fourth-order valence-electron chi connectivity index (χ4n) is 1.70. The van der Waals surface area contributed by atoms with E-state index in [2.05, 4.69) is 15.5 Å². The van der Waals surface area contributed by atoms with Gasteiger partial charge in [-0.25, -0.2) is 4.68 Å². The minimum Gasteiger partial charge on any atom is -0.377 e. The molecule has 102 valence electrons. The summed E-state index contributed by atoms with van der Waals surface area (Å²) in [5.41, 5.74) is 1.24. The highest BCUT2D eigenvalue weighted by atomic mass is 35.5. The average Bonchev–Trinajstić information content (AvgIpc) is 2.76. The predicted octanol–water partition coefficient (Wildman–Crippen LogP) is 1.82. The quantitative estimate of drug-likeness (QED) is 0.928. The first-order chi connectivity index (χ1) is 9.00. The lowest BCUT2D eigenvalue weighted by molar-refractivity contribution is 0.503. The van der Waals surface area contributed by atoms with Crippen LogP contribution in [-0.2, 0) is 13.6 Å². The van der Waals surface area contributed by atoms with Crippen LogP contribution in [0, 0.1) is 0 Å². The molecule has 2 rings (SSSR count). The third kappa shape index (κ3) is 2.78. The smallest absolute Gasteiger partial charge is 0.287 e. The van der Waals surface area contributed by atoms with Gasteiger partial charge in [-0.3, -0.25) is 9.48 Å². The van der Waals surface area contributed by atoms with Gasteiger partial charge < -0.3 is 5.32 Å². The Balaban J connectivity index is 2.20. The van der Waals surface area contributed by atoms with Crippen LogP contribution in [0.2, 0.25) is 5.02 Å². The van der Waals surface area contributed by atoms with E-state index in [9.17, 15) is 4.79 Å². The molecule has 6 nitrogen and oxygen atoms in total. The van der Waals surface area contributed by atoms with Gasteiger partial charge in [0.25, 0.3) is 5.56 Å². The number of nitrogens with one attached hydrogen (secondary N) is 1. The molecule has 2 heterocycles. The van der Waals surface area contributed by atoms with Gasteiger partial charge in [0, 0.05) is 13.2 Å². The van der Waals surface area contributed by atoms with Gasteiger partial charge in [0.2, 0.25) is 0 Å². The van der Waals surface area contributed by atoms with E-state index in [1.165, 1.54) is 4.68 Å². The molecule has 0 amide bonds. The van der Waals surface area contributed by atoms with E-state index in [0.29, 0.717) is 12.2 Å². The first-order valence-electron chi connectivity index (χ1n) is 5.98. The summed E-state index contributed by atoms with van der Waals surface area (Å²) in [7, 11) is 1.85. The van der Waals surface area contributed by atoms with E-state index in [-0.39, 0.29) is 16.6 Å². The molecule has 0 fully saturated rings. The summed E-state index contributed by atoms with van der Waals surface area (Å²) in [5, 5.41) is 11.4. The Morgan fingerprint density at radius 2 is 2.16 bits per heavy atom. The number of aryl methyl sites for hydroxylation is 1. The van der Waals surface area contributed by atoms with Crippen LogP contribution in [0.15, 0.2) is 23.3 Å². The lowest BCUT2D eigenvalue weighted by Gasteiger charge is -2.12. The van der Waals surface area contributed by atoms with Gasteiger partial charge in [-0.05, 0) is 19.9 Å². The Hall–Kier alpha value is -1.82. The van der Waals surface area contributed by atoms with Gasteiger partial charge >= 0.3 is 0 Å². The van der Waals surface area contributed by atoms with E-state index >= 15 is 0 Å². The molecular weight excluding hydrogens is 266 g/mol. The first-order valence-corrected chi connectivity index (χ1v) is 6.36. The monoisotopic (exact) mass is 281 g/mol. The summed E-state index contributed by atoms with van der Waals surface area (Å²) in [5.74, 6) is 0. The fourth-order valence-corrected chi connectivity index (χ4v) is 1.90. The normalized spacial score (nSPS) is 11.0. The zero-order valence-electron chi connectivity index (χ0n) is 11.1. The molecule has 0 spiro atoms. The number of nitrogens with zero attached hydrogens (tertiary/aromatic N) is 4. The van der Waals surface area contributed by atoms with Crippen LogP contribution in [0.4, 0.5) is 5.69 Å². The van der Waals surface area contributed by atoms with Gasteiger partial charge in [-0.2, -0.15) is 10.2 Å². The lowest BCUT2D eigenvalue weighted by atomic mass is 10.3.